The fourth-order valence-electron chi connectivity index (χ4n) is 2.37. The van der Waals surface area contributed by atoms with E-state index < -0.39 is 6.04 Å². The summed E-state index contributed by atoms with van der Waals surface area (Å²) in [7, 11) is 1.84. The molecule has 5 nitrogen and oxygen atoms in total. The average molecular weight is 313 g/mol. The molecular formula is C17H16FN3O2. The van der Waals surface area contributed by atoms with E-state index in [4.69, 9.17) is 4.42 Å². The van der Waals surface area contributed by atoms with Gasteiger partial charge < -0.3 is 14.3 Å². The van der Waals surface area contributed by atoms with Gasteiger partial charge in [-0.2, -0.15) is 0 Å². The number of halogens is 1. The molecule has 1 N–H and O–H groups in total. The van der Waals surface area contributed by atoms with Crippen molar-refractivity contribution in [3.8, 4) is 0 Å². The second-order valence-electron chi connectivity index (χ2n) is 5.26. The Balaban J connectivity index is 1.94. The van der Waals surface area contributed by atoms with E-state index >= 15 is 0 Å². The van der Waals surface area contributed by atoms with Crippen molar-refractivity contribution in [2.75, 3.05) is 0 Å². The highest BCUT2D eigenvalue weighted by Crippen LogP contribution is 2.21. The van der Waals surface area contributed by atoms with Crippen LogP contribution in [0.15, 0.2) is 53.2 Å². The van der Waals surface area contributed by atoms with Gasteiger partial charge in [-0.1, -0.05) is 12.1 Å². The van der Waals surface area contributed by atoms with Crippen molar-refractivity contribution in [3.05, 3.63) is 77.5 Å². The number of rotatable bonds is 4. The van der Waals surface area contributed by atoms with Gasteiger partial charge >= 0.3 is 0 Å². The Bertz CT molecular complexity index is 820. The molecule has 0 fully saturated rings. The van der Waals surface area contributed by atoms with Crippen LogP contribution in [0.4, 0.5) is 4.39 Å². The first-order chi connectivity index (χ1) is 11.0. The van der Waals surface area contributed by atoms with Gasteiger partial charge in [0, 0.05) is 19.4 Å². The Morgan fingerprint density at radius 1 is 1.26 bits per heavy atom. The van der Waals surface area contributed by atoms with Gasteiger partial charge in [0.1, 0.15) is 23.4 Å². The first kappa shape index (κ1) is 15.0. The van der Waals surface area contributed by atoms with Crippen LogP contribution in [0.25, 0.3) is 0 Å². The standard InChI is InChI=1S/C17H16FN3O2/c1-11-3-8-14(23-11)17(22)20-15(16-19-9-10-21(16)2)12-4-6-13(18)7-5-12/h3-10,15H,1-2H3,(H,20,22). The molecule has 1 unspecified atom stereocenters. The van der Waals surface area contributed by atoms with Crippen LogP contribution in [-0.2, 0) is 7.05 Å². The lowest BCUT2D eigenvalue weighted by atomic mass is 10.1. The number of hydrogen-bond donors (Lipinski definition) is 1. The molecule has 0 aliphatic rings. The zero-order valence-electron chi connectivity index (χ0n) is 12.8. The number of benzene rings is 1. The van der Waals surface area contributed by atoms with Crippen molar-refractivity contribution < 1.29 is 13.6 Å². The number of aromatic nitrogens is 2. The molecule has 118 valence electrons. The van der Waals surface area contributed by atoms with E-state index in [0.29, 0.717) is 11.6 Å². The van der Waals surface area contributed by atoms with Gasteiger partial charge in [0.25, 0.3) is 5.91 Å². The van der Waals surface area contributed by atoms with Crippen LogP contribution in [0.2, 0.25) is 0 Å². The van der Waals surface area contributed by atoms with Crippen molar-refractivity contribution >= 4 is 5.91 Å². The lowest BCUT2D eigenvalue weighted by Crippen LogP contribution is -2.30. The molecule has 23 heavy (non-hydrogen) atoms. The van der Waals surface area contributed by atoms with Crippen LogP contribution >= 0.6 is 0 Å². The van der Waals surface area contributed by atoms with E-state index in [1.807, 2.05) is 11.6 Å². The lowest BCUT2D eigenvalue weighted by Gasteiger charge is -2.18. The Hall–Kier alpha value is -2.89. The van der Waals surface area contributed by atoms with Crippen molar-refractivity contribution in [1.82, 2.24) is 14.9 Å². The molecule has 0 bridgehead atoms. The predicted molar refractivity (Wildman–Crippen MR) is 82.4 cm³/mol. The largest absolute Gasteiger partial charge is 0.456 e. The number of imidazole rings is 1. The molecule has 1 amide bonds. The molecule has 0 aliphatic carbocycles. The monoisotopic (exact) mass is 313 g/mol. The number of carbonyl (C=O) groups is 1. The number of carbonyl (C=O) groups excluding carboxylic acids is 1. The molecule has 0 saturated carbocycles. The van der Waals surface area contributed by atoms with E-state index in [0.717, 1.165) is 5.56 Å². The summed E-state index contributed by atoms with van der Waals surface area (Å²) in [5, 5.41) is 2.89. The molecule has 1 aromatic carbocycles. The Labute approximate surface area is 132 Å². The minimum Gasteiger partial charge on any atom is -0.456 e. The minimum absolute atomic E-state index is 0.226. The van der Waals surface area contributed by atoms with E-state index in [2.05, 4.69) is 10.3 Å². The first-order valence-electron chi connectivity index (χ1n) is 7.14. The smallest absolute Gasteiger partial charge is 0.287 e. The molecule has 3 aromatic rings. The third-order valence-electron chi connectivity index (χ3n) is 3.56. The molecule has 0 saturated heterocycles. The third-order valence-corrected chi connectivity index (χ3v) is 3.56. The van der Waals surface area contributed by atoms with Gasteiger partial charge in [-0.25, -0.2) is 9.37 Å². The summed E-state index contributed by atoms with van der Waals surface area (Å²) < 4.78 is 20.3. The van der Waals surface area contributed by atoms with E-state index in [-0.39, 0.29) is 17.5 Å². The molecule has 2 aromatic heterocycles. The number of nitrogens with one attached hydrogen (secondary N) is 1. The molecule has 6 heteroatoms. The number of nitrogens with zero attached hydrogens (tertiary/aromatic N) is 2. The maximum Gasteiger partial charge on any atom is 0.287 e. The van der Waals surface area contributed by atoms with E-state index in [9.17, 15) is 9.18 Å². The van der Waals surface area contributed by atoms with Crippen LogP contribution in [0.3, 0.4) is 0 Å². The molecule has 3 rings (SSSR count). The summed E-state index contributed by atoms with van der Waals surface area (Å²) in [6, 6.07) is 8.80. The van der Waals surface area contributed by atoms with Gasteiger partial charge in [-0.3, -0.25) is 4.79 Å². The topological polar surface area (TPSA) is 60.1 Å². The number of aryl methyl sites for hydroxylation is 2. The van der Waals surface area contributed by atoms with Crippen LogP contribution < -0.4 is 5.32 Å². The minimum atomic E-state index is -0.506. The number of amides is 1. The molecule has 2 heterocycles. The van der Waals surface area contributed by atoms with E-state index in [1.165, 1.54) is 12.1 Å². The number of hydrogen-bond acceptors (Lipinski definition) is 3. The van der Waals surface area contributed by atoms with Crippen LogP contribution in [-0.4, -0.2) is 15.5 Å². The third kappa shape index (κ3) is 3.15. The van der Waals surface area contributed by atoms with Gasteiger partial charge in [0.15, 0.2) is 5.76 Å². The second kappa shape index (κ2) is 6.08. The fourth-order valence-corrected chi connectivity index (χ4v) is 2.37. The Morgan fingerprint density at radius 2 is 2.00 bits per heavy atom. The summed E-state index contributed by atoms with van der Waals surface area (Å²) >= 11 is 0. The van der Waals surface area contributed by atoms with Gasteiger partial charge in [-0.15, -0.1) is 0 Å². The van der Waals surface area contributed by atoms with Crippen molar-refractivity contribution in [2.45, 2.75) is 13.0 Å². The highest BCUT2D eigenvalue weighted by molar-refractivity contribution is 5.92. The highest BCUT2D eigenvalue weighted by atomic mass is 19.1. The molecule has 0 radical (unpaired) electrons. The molecule has 1 atom stereocenters. The SMILES string of the molecule is Cc1ccc(C(=O)NC(c2ccc(F)cc2)c2nccn2C)o1. The van der Waals surface area contributed by atoms with Gasteiger partial charge in [-0.05, 0) is 36.8 Å². The van der Waals surface area contributed by atoms with Crippen molar-refractivity contribution in [1.29, 1.82) is 0 Å². The zero-order valence-corrected chi connectivity index (χ0v) is 12.8. The van der Waals surface area contributed by atoms with Crippen LogP contribution in [0.1, 0.15) is 33.7 Å². The second-order valence-corrected chi connectivity index (χ2v) is 5.26. The molecule has 0 spiro atoms. The summed E-state index contributed by atoms with van der Waals surface area (Å²) in [5.41, 5.74) is 0.734. The van der Waals surface area contributed by atoms with Gasteiger partial charge in [0.2, 0.25) is 0 Å². The van der Waals surface area contributed by atoms with Crippen molar-refractivity contribution in [2.24, 2.45) is 7.05 Å². The summed E-state index contributed by atoms with van der Waals surface area (Å²) in [4.78, 5) is 16.7. The fraction of sp³-hybridized carbons (Fsp3) is 0.176. The van der Waals surface area contributed by atoms with E-state index in [1.54, 1.807) is 43.6 Å². The summed E-state index contributed by atoms with van der Waals surface area (Å²) in [5.74, 6) is 0.846. The molecular weight excluding hydrogens is 297 g/mol. The predicted octanol–water partition coefficient (Wildman–Crippen LogP) is 2.98. The van der Waals surface area contributed by atoms with Gasteiger partial charge in [0.05, 0.1) is 0 Å². The quantitative estimate of drug-likeness (QED) is 0.805. The average Bonchev–Trinajstić information content (AvgIpc) is 3.14. The normalized spacial score (nSPS) is 12.1. The zero-order chi connectivity index (χ0) is 16.4. The van der Waals surface area contributed by atoms with Crippen LogP contribution in [0.5, 0.6) is 0 Å². The maximum atomic E-state index is 13.2. The lowest BCUT2D eigenvalue weighted by molar-refractivity contribution is 0.0912. The van der Waals surface area contributed by atoms with Crippen molar-refractivity contribution in [3.63, 3.8) is 0 Å². The Morgan fingerprint density at radius 3 is 2.57 bits per heavy atom. The molecule has 0 aliphatic heterocycles. The van der Waals surface area contributed by atoms with Crippen LogP contribution in [0, 0.1) is 12.7 Å². The number of furan rings is 1. The highest BCUT2D eigenvalue weighted by Gasteiger charge is 2.22. The maximum absolute atomic E-state index is 13.2. The summed E-state index contributed by atoms with van der Waals surface area (Å²) in [6.45, 7) is 1.77. The first-order valence-corrected chi connectivity index (χ1v) is 7.14. The summed E-state index contributed by atoms with van der Waals surface area (Å²) in [6.07, 6.45) is 3.43. The Kier molecular flexibility index (Phi) is 3.97.